The van der Waals surface area contributed by atoms with E-state index in [4.69, 9.17) is 4.74 Å². The molecule has 7 rings (SSSR count). The summed E-state index contributed by atoms with van der Waals surface area (Å²) in [4.78, 5) is 82.3. The van der Waals surface area contributed by atoms with E-state index in [0.29, 0.717) is 33.9 Å². The number of carbonyl (C=O) groups is 6. The lowest BCUT2D eigenvalue weighted by molar-refractivity contribution is -0.145. The molecule has 0 radical (unpaired) electrons. The Morgan fingerprint density at radius 1 is 0.590 bits per heavy atom. The Morgan fingerprint density at radius 3 is 1.77 bits per heavy atom. The van der Waals surface area contributed by atoms with Gasteiger partial charge in [0.2, 0.25) is 11.8 Å². The van der Waals surface area contributed by atoms with Crippen LogP contribution >= 0.6 is 11.3 Å². The Hall–Kier alpha value is -6.68. The summed E-state index contributed by atoms with van der Waals surface area (Å²) in [5.41, 5.74) is 2.96. The molecule has 15 heteroatoms. The number of rotatable bonds is 10. The molecular formula is C46H46N4O10S. The second-order valence-electron chi connectivity index (χ2n) is 14.8. The Morgan fingerprint density at radius 2 is 1.15 bits per heavy atom. The van der Waals surface area contributed by atoms with Crippen LogP contribution in [0, 0.1) is 5.92 Å². The van der Waals surface area contributed by atoms with E-state index in [-0.39, 0.29) is 31.4 Å². The third-order valence-corrected chi connectivity index (χ3v) is 11.1. The summed E-state index contributed by atoms with van der Waals surface area (Å²) in [7, 11) is 0. The molecule has 5 aromatic rings. The standard InChI is InChI=1S/C46H46N4O10S/c51-39-25-32(46(58)59)22-29-13-17-33(18-14-29)47-44(56)40(52)41(53)45(57)50-38(26-35-12-7-21-61-35)43(55)49-37(42(54)48-36(39)23-28-8-3-1-4-9-28)24-30-15-19-34(20-16-30)60-27-31-10-5-2-6-11-31/h1-21,32,36-38,40-41,52-53H,22-27H2,(H,47,56)(H,48,54)(H,49,55)(H,50,57)(H,58,59)/t32-,36-,37+,38-,40-,41-/m1/s1. The van der Waals surface area contributed by atoms with Crippen LogP contribution in [-0.4, -0.2) is 81.0 Å². The number of carboxylic acids is 1. The average Bonchev–Trinajstić information content (AvgIpc) is 3.78. The van der Waals surface area contributed by atoms with Crippen molar-refractivity contribution < 1.29 is 48.8 Å². The van der Waals surface area contributed by atoms with E-state index in [1.54, 1.807) is 72.1 Å². The molecule has 4 amide bonds. The van der Waals surface area contributed by atoms with Gasteiger partial charge >= 0.3 is 5.97 Å². The monoisotopic (exact) mass is 846 g/mol. The number of ketones is 1. The fourth-order valence-corrected chi connectivity index (χ4v) is 7.54. The number of thiophene rings is 1. The molecule has 2 bridgehead atoms. The van der Waals surface area contributed by atoms with Crippen molar-refractivity contribution in [2.75, 3.05) is 5.32 Å². The predicted molar refractivity (Wildman–Crippen MR) is 226 cm³/mol. The highest BCUT2D eigenvalue weighted by molar-refractivity contribution is 7.09. The summed E-state index contributed by atoms with van der Waals surface area (Å²) in [6, 6.07) is 30.8. The van der Waals surface area contributed by atoms with Gasteiger partial charge in [-0.25, -0.2) is 0 Å². The van der Waals surface area contributed by atoms with Gasteiger partial charge in [0.15, 0.2) is 18.0 Å². The Kier molecular flexibility index (Phi) is 15.1. The number of nitrogens with one attached hydrogen (secondary N) is 4. The van der Waals surface area contributed by atoms with Crippen LogP contribution in [0.4, 0.5) is 5.69 Å². The van der Waals surface area contributed by atoms with E-state index >= 15 is 0 Å². The van der Waals surface area contributed by atoms with Crippen LogP contribution in [0.2, 0.25) is 0 Å². The molecule has 0 aliphatic carbocycles. The van der Waals surface area contributed by atoms with E-state index in [1.807, 2.05) is 30.3 Å². The lowest BCUT2D eigenvalue weighted by Crippen LogP contribution is -2.58. The second kappa shape index (κ2) is 21.0. The molecule has 14 nitrogen and oxygen atoms in total. The van der Waals surface area contributed by atoms with Crippen LogP contribution in [0.5, 0.6) is 5.75 Å². The first-order valence-corrected chi connectivity index (χ1v) is 20.5. The Balaban J connectivity index is 1.34. The molecule has 61 heavy (non-hydrogen) atoms. The zero-order valence-corrected chi connectivity index (χ0v) is 33.8. The smallest absolute Gasteiger partial charge is 0.307 e. The van der Waals surface area contributed by atoms with Gasteiger partial charge in [0.25, 0.3) is 11.8 Å². The molecule has 3 heterocycles. The summed E-state index contributed by atoms with van der Waals surface area (Å²) < 4.78 is 5.93. The van der Waals surface area contributed by atoms with Crippen molar-refractivity contribution in [2.24, 2.45) is 5.92 Å². The first kappa shape index (κ1) is 43.9. The third-order valence-electron chi connectivity index (χ3n) is 10.2. The highest BCUT2D eigenvalue weighted by Crippen LogP contribution is 2.21. The number of fused-ring (bicyclic) bond motifs is 18. The molecule has 316 valence electrons. The summed E-state index contributed by atoms with van der Waals surface area (Å²) in [5, 5.41) is 43.9. The van der Waals surface area contributed by atoms with E-state index in [0.717, 1.165) is 5.56 Å². The number of amides is 4. The molecule has 0 saturated carbocycles. The molecule has 0 unspecified atom stereocenters. The van der Waals surface area contributed by atoms with Crippen molar-refractivity contribution in [1.82, 2.24) is 16.0 Å². The maximum absolute atomic E-state index is 14.4. The largest absolute Gasteiger partial charge is 0.489 e. The van der Waals surface area contributed by atoms with Crippen LogP contribution in [0.25, 0.3) is 0 Å². The Labute approximate surface area is 356 Å². The fraction of sp³-hybridized carbons (Fsp3) is 0.261. The van der Waals surface area contributed by atoms with E-state index in [1.165, 1.54) is 35.6 Å². The number of ether oxygens (including phenoxy) is 1. The first-order valence-electron chi connectivity index (χ1n) is 19.7. The summed E-state index contributed by atoms with van der Waals surface area (Å²) in [5.74, 6) is -6.35. The molecule has 0 saturated heterocycles. The summed E-state index contributed by atoms with van der Waals surface area (Å²) >= 11 is 1.29. The van der Waals surface area contributed by atoms with Crippen LogP contribution < -0.4 is 26.0 Å². The molecule has 6 atom stereocenters. The van der Waals surface area contributed by atoms with Gasteiger partial charge in [-0.2, -0.15) is 0 Å². The Bertz CT molecular complexity index is 2270. The van der Waals surface area contributed by atoms with Gasteiger partial charge in [0.05, 0.1) is 12.0 Å². The SMILES string of the molecule is O=C(O)[C@H]1CC(=O)[C@@H](Cc2ccccc2)NC(=O)[C@H](Cc2ccc(OCc3ccccc3)cc2)NC(=O)[C@@H](Cc2cccs2)NC(=O)[C@H](O)[C@@H](O)C(=O)Nc2ccc(cc2)C1. The first-order chi connectivity index (χ1) is 29.4. The number of benzene rings is 4. The predicted octanol–water partition coefficient (Wildman–Crippen LogP) is 3.39. The third kappa shape index (κ3) is 12.7. The number of aliphatic hydroxyl groups is 2. The highest BCUT2D eigenvalue weighted by Gasteiger charge is 2.36. The molecule has 7 N–H and O–H groups in total. The van der Waals surface area contributed by atoms with Crippen molar-refractivity contribution in [1.29, 1.82) is 0 Å². The van der Waals surface area contributed by atoms with Crippen molar-refractivity contribution in [2.45, 2.75) is 69.0 Å². The minimum Gasteiger partial charge on any atom is -0.489 e. The average molecular weight is 847 g/mol. The molecule has 2 aliphatic heterocycles. The van der Waals surface area contributed by atoms with E-state index in [2.05, 4.69) is 21.3 Å². The van der Waals surface area contributed by atoms with Gasteiger partial charge < -0.3 is 41.3 Å². The number of carboxylic acid groups (broad SMARTS) is 1. The van der Waals surface area contributed by atoms with Crippen LogP contribution in [0.15, 0.2) is 127 Å². The van der Waals surface area contributed by atoms with Gasteiger partial charge in [-0.05, 0) is 70.8 Å². The fourth-order valence-electron chi connectivity index (χ4n) is 6.79. The van der Waals surface area contributed by atoms with Crippen LogP contribution in [0.1, 0.15) is 33.6 Å². The summed E-state index contributed by atoms with van der Waals surface area (Å²) in [6.45, 7) is 0.320. The molecule has 0 spiro atoms. The van der Waals surface area contributed by atoms with Crippen LogP contribution in [0.3, 0.4) is 0 Å². The number of Topliss-reactive ketones (excluding diaryl/α,β-unsaturated/α-hetero) is 1. The van der Waals surface area contributed by atoms with Crippen molar-refractivity contribution >= 4 is 52.4 Å². The van der Waals surface area contributed by atoms with Gasteiger partial charge in [-0.1, -0.05) is 91.0 Å². The van der Waals surface area contributed by atoms with Gasteiger partial charge in [-0.3, -0.25) is 28.8 Å². The van der Waals surface area contributed by atoms with E-state index < -0.39 is 78.1 Å². The van der Waals surface area contributed by atoms with Gasteiger partial charge in [0, 0.05) is 29.8 Å². The number of hydrogen-bond acceptors (Lipinski definition) is 10. The minimum atomic E-state index is -2.30. The quantitative estimate of drug-likeness (QED) is 0.102. The van der Waals surface area contributed by atoms with Crippen molar-refractivity contribution in [3.63, 3.8) is 0 Å². The number of anilines is 1. The summed E-state index contributed by atoms with van der Waals surface area (Å²) in [6.07, 6.45) is -5.19. The topological polar surface area (TPSA) is 220 Å². The molecule has 0 fully saturated rings. The normalized spacial score (nSPS) is 21.9. The molecule has 2 aliphatic rings. The molecular weight excluding hydrogens is 801 g/mol. The van der Waals surface area contributed by atoms with Crippen molar-refractivity contribution in [3.8, 4) is 5.75 Å². The van der Waals surface area contributed by atoms with Crippen LogP contribution in [-0.2, 0) is 61.1 Å². The lowest BCUT2D eigenvalue weighted by atomic mass is 9.90. The van der Waals surface area contributed by atoms with Crippen molar-refractivity contribution in [3.05, 3.63) is 154 Å². The molecule has 1 aromatic heterocycles. The van der Waals surface area contributed by atoms with Gasteiger partial charge in [-0.15, -0.1) is 11.3 Å². The number of carbonyl (C=O) groups excluding carboxylic acids is 5. The second-order valence-corrected chi connectivity index (χ2v) is 15.8. The maximum atomic E-state index is 14.4. The maximum Gasteiger partial charge on any atom is 0.307 e. The minimum absolute atomic E-state index is 0.0253. The number of aliphatic hydroxyl groups excluding tert-OH is 2. The molecule has 4 aromatic carbocycles. The zero-order valence-electron chi connectivity index (χ0n) is 32.9. The zero-order chi connectivity index (χ0) is 43.3. The highest BCUT2D eigenvalue weighted by atomic mass is 32.1. The van der Waals surface area contributed by atoms with Gasteiger partial charge in [0.1, 0.15) is 24.4 Å². The number of aliphatic carboxylic acids is 1. The number of hydrogen-bond donors (Lipinski definition) is 7. The lowest BCUT2D eigenvalue weighted by Gasteiger charge is -2.26. The van der Waals surface area contributed by atoms with E-state index in [9.17, 15) is 44.1 Å².